The molecule has 2 rings (SSSR count). The number of hydrogen-bond donors (Lipinski definition) is 1. The van der Waals surface area contributed by atoms with E-state index in [4.69, 9.17) is 14.9 Å². The molecule has 2 N–H and O–H groups in total. The zero-order valence-electron chi connectivity index (χ0n) is 13.0. The van der Waals surface area contributed by atoms with Crippen LogP contribution in [0.4, 0.5) is 0 Å². The third-order valence-corrected chi connectivity index (χ3v) is 4.54. The number of nitrogens with two attached hydrogens (primary N) is 1. The van der Waals surface area contributed by atoms with Crippen molar-refractivity contribution in [2.45, 2.75) is 45.2 Å². The van der Waals surface area contributed by atoms with Gasteiger partial charge in [-0.2, -0.15) is 0 Å². The van der Waals surface area contributed by atoms with E-state index in [1.807, 2.05) is 6.07 Å². The van der Waals surface area contributed by atoms with E-state index in [9.17, 15) is 4.79 Å². The van der Waals surface area contributed by atoms with Crippen molar-refractivity contribution < 1.29 is 13.9 Å². The number of nitrogens with zero attached hydrogens (tertiary/aromatic N) is 1. The number of carbonyl (C=O) groups excluding carboxylic acids is 1. The molecule has 1 aliphatic rings. The lowest BCUT2D eigenvalue weighted by Crippen LogP contribution is -2.44. The van der Waals surface area contributed by atoms with E-state index in [-0.39, 0.29) is 0 Å². The van der Waals surface area contributed by atoms with E-state index in [0.717, 1.165) is 18.7 Å². The highest BCUT2D eigenvalue weighted by Gasteiger charge is 2.29. The summed E-state index contributed by atoms with van der Waals surface area (Å²) in [7, 11) is 1.37. The molecule has 5 nitrogen and oxygen atoms in total. The smallest absolute Gasteiger partial charge is 0.374 e. The van der Waals surface area contributed by atoms with Gasteiger partial charge >= 0.3 is 5.97 Å². The van der Waals surface area contributed by atoms with Crippen molar-refractivity contribution >= 4 is 5.97 Å². The Kier molecular flexibility index (Phi) is 5.82. The van der Waals surface area contributed by atoms with Crippen LogP contribution in [0.3, 0.4) is 0 Å². The molecule has 1 aromatic heterocycles. The molecule has 1 saturated carbocycles. The van der Waals surface area contributed by atoms with E-state index in [1.165, 1.54) is 32.8 Å². The Morgan fingerprint density at radius 1 is 1.48 bits per heavy atom. The summed E-state index contributed by atoms with van der Waals surface area (Å²) < 4.78 is 10.0. The minimum absolute atomic E-state index is 0.316. The summed E-state index contributed by atoms with van der Waals surface area (Å²) in [5.74, 6) is 0.452. The van der Waals surface area contributed by atoms with E-state index < -0.39 is 5.97 Å². The maximum absolute atomic E-state index is 11.7. The third-order valence-electron chi connectivity index (χ3n) is 4.54. The topological polar surface area (TPSA) is 68.7 Å². The summed E-state index contributed by atoms with van der Waals surface area (Å²) in [6.45, 7) is 4.53. The Bertz CT molecular complexity index is 458. The lowest BCUT2D eigenvalue weighted by atomic mass is 9.83. The first-order chi connectivity index (χ1) is 10.2. The molecular formula is C16H26N2O3. The molecule has 1 aromatic rings. The van der Waals surface area contributed by atoms with E-state index >= 15 is 0 Å². The van der Waals surface area contributed by atoms with Gasteiger partial charge < -0.3 is 14.9 Å². The van der Waals surface area contributed by atoms with Gasteiger partial charge in [0.25, 0.3) is 0 Å². The SMILES string of the molecule is CCN(Cc1ccoc1C(=O)OC)C1CCCCC1CN. The quantitative estimate of drug-likeness (QED) is 0.816. The fourth-order valence-corrected chi connectivity index (χ4v) is 3.36. The Balaban J connectivity index is 2.11. The Labute approximate surface area is 126 Å². The molecule has 5 heteroatoms. The number of rotatable bonds is 6. The predicted molar refractivity (Wildman–Crippen MR) is 80.9 cm³/mol. The van der Waals surface area contributed by atoms with Gasteiger partial charge in [0.1, 0.15) is 0 Å². The van der Waals surface area contributed by atoms with Crippen molar-refractivity contribution in [3.8, 4) is 0 Å². The van der Waals surface area contributed by atoms with Gasteiger partial charge in [-0.1, -0.05) is 19.8 Å². The molecule has 1 fully saturated rings. The molecule has 0 aromatic carbocycles. The highest BCUT2D eigenvalue weighted by Crippen LogP contribution is 2.29. The van der Waals surface area contributed by atoms with Crippen molar-refractivity contribution in [1.29, 1.82) is 0 Å². The number of hydrogen-bond acceptors (Lipinski definition) is 5. The number of esters is 1. The first-order valence-corrected chi connectivity index (χ1v) is 7.80. The summed E-state index contributed by atoms with van der Waals surface area (Å²) in [6, 6.07) is 2.35. The third kappa shape index (κ3) is 3.66. The van der Waals surface area contributed by atoms with Crippen LogP contribution < -0.4 is 5.73 Å². The van der Waals surface area contributed by atoms with Crippen LogP contribution in [0, 0.1) is 5.92 Å². The van der Waals surface area contributed by atoms with Crippen LogP contribution in [0.15, 0.2) is 16.7 Å². The highest BCUT2D eigenvalue weighted by atomic mass is 16.5. The molecule has 0 saturated heterocycles. The normalized spacial score (nSPS) is 22.5. The first-order valence-electron chi connectivity index (χ1n) is 7.80. The molecular weight excluding hydrogens is 268 g/mol. The van der Waals surface area contributed by atoms with Crippen LogP contribution in [0.2, 0.25) is 0 Å². The summed E-state index contributed by atoms with van der Waals surface area (Å²) in [6.07, 6.45) is 6.46. The van der Waals surface area contributed by atoms with E-state index in [1.54, 1.807) is 6.26 Å². The van der Waals surface area contributed by atoms with Crippen molar-refractivity contribution in [3.05, 3.63) is 23.7 Å². The van der Waals surface area contributed by atoms with E-state index in [2.05, 4.69) is 11.8 Å². The van der Waals surface area contributed by atoms with Crippen LogP contribution in [-0.2, 0) is 11.3 Å². The van der Waals surface area contributed by atoms with Gasteiger partial charge in [-0.25, -0.2) is 4.79 Å². The number of ether oxygens (including phenoxy) is 1. The molecule has 0 bridgehead atoms. The maximum atomic E-state index is 11.7. The standard InChI is InChI=1S/C16H26N2O3/c1-3-18(14-7-5-4-6-12(14)10-17)11-13-8-9-21-15(13)16(19)20-2/h8-9,12,14H,3-7,10-11,17H2,1-2H3. The van der Waals surface area contributed by atoms with Crippen LogP contribution in [0.5, 0.6) is 0 Å². The van der Waals surface area contributed by atoms with Crippen molar-refractivity contribution in [1.82, 2.24) is 4.90 Å². The van der Waals surface area contributed by atoms with Gasteiger partial charge in [0.2, 0.25) is 5.76 Å². The lowest BCUT2D eigenvalue weighted by Gasteiger charge is -2.39. The predicted octanol–water partition coefficient (Wildman–Crippen LogP) is 2.41. The molecule has 1 aliphatic carbocycles. The zero-order chi connectivity index (χ0) is 15.2. The van der Waals surface area contributed by atoms with Crippen LogP contribution in [0.1, 0.15) is 48.7 Å². The molecule has 0 spiro atoms. The van der Waals surface area contributed by atoms with E-state index in [0.29, 0.717) is 24.3 Å². The van der Waals surface area contributed by atoms with Gasteiger partial charge in [-0.05, 0) is 37.9 Å². The summed E-state index contributed by atoms with van der Waals surface area (Å²) in [4.78, 5) is 14.1. The Morgan fingerprint density at radius 3 is 2.90 bits per heavy atom. The molecule has 21 heavy (non-hydrogen) atoms. The summed E-state index contributed by atoms with van der Waals surface area (Å²) in [5, 5.41) is 0. The Hall–Kier alpha value is -1.33. The van der Waals surface area contributed by atoms with Gasteiger partial charge in [0.15, 0.2) is 0 Å². The fourth-order valence-electron chi connectivity index (χ4n) is 3.36. The molecule has 0 amide bonds. The van der Waals surface area contributed by atoms with Crippen molar-refractivity contribution in [3.63, 3.8) is 0 Å². The second-order valence-corrected chi connectivity index (χ2v) is 5.68. The second kappa shape index (κ2) is 7.61. The minimum Gasteiger partial charge on any atom is -0.463 e. The van der Waals surface area contributed by atoms with Crippen LogP contribution in [-0.4, -0.2) is 37.1 Å². The van der Waals surface area contributed by atoms with Crippen LogP contribution >= 0.6 is 0 Å². The molecule has 118 valence electrons. The number of methoxy groups -OCH3 is 1. The van der Waals surface area contributed by atoms with Crippen LogP contribution in [0.25, 0.3) is 0 Å². The lowest BCUT2D eigenvalue weighted by molar-refractivity contribution is 0.0557. The van der Waals surface area contributed by atoms with Gasteiger partial charge in [0.05, 0.1) is 13.4 Å². The second-order valence-electron chi connectivity index (χ2n) is 5.68. The molecule has 2 atom stereocenters. The van der Waals surface area contributed by atoms with Crippen molar-refractivity contribution in [2.75, 3.05) is 20.2 Å². The van der Waals surface area contributed by atoms with Gasteiger partial charge in [-0.3, -0.25) is 4.90 Å². The average Bonchev–Trinajstić information content (AvgIpc) is 3.00. The highest BCUT2D eigenvalue weighted by molar-refractivity contribution is 5.87. The number of furan rings is 1. The monoisotopic (exact) mass is 294 g/mol. The maximum Gasteiger partial charge on any atom is 0.374 e. The molecule has 0 aliphatic heterocycles. The van der Waals surface area contributed by atoms with Gasteiger partial charge in [0, 0.05) is 18.2 Å². The fraction of sp³-hybridized carbons (Fsp3) is 0.688. The van der Waals surface area contributed by atoms with Crippen molar-refractivity contribution in [2.24, 2.45) is 11.7 Å². The minimum atomic E-state index is -0.412. The summed E-state index contributed by atoms with van der Waals surface area (Å²) >= 11 is 0. The molecule has 0 radical (unpaired) electrons. The largest absolute Gasteiger partial charge is 0.463 e. The van der Waals surface area contributed by atoms with Gasteiger partial charge in [-0.15, -0.1) is 0 Å². The zero-order valence-corrected chi connectivity index (χ0v) is 13.0. The number of carbonyl (C=O) groups is 1. The summed E-state index contributed by atoms with van der Waals surface area (Å²) in [5.41, 5.74) is 6.83. The molecule has 2 unspecified atom stereocenters. The molecule has 1 heterocycles. The average molecular weight is 294 g/mol. The Morgan fingerprint density at radius 2 is 2.24 bits per heavy atom. The first kappa shape index (κ1) is 16.0.